The second-order valence-corrected chi connectivity index (χ2v) is 24.0. The number of amidine groups is 2. The summed E-state index contributed by atoms with van der Waals surface area (Å²) in [4.78, 5) is 15.6. The molecule has 0 atom stereocenters. The first-order valence-corrected chi connectivity index (χ1v) is 28.4. The maximum atomic E-state index is 5.37. The van der Waals surface area contributed by atoms with E-state index in [0.29, 0.717) is 0 Å². The monoisotopic (exact) mass is 1050 g/mol. The van der Waals surface area contributed by atoms with Gasteiger partial charge in [-0.1, -0.05) is 146 Å². The Morgan fingerprint density at radius 1 is 0.370 bits per heavy atom. The number of anilines is 2. The van der Waals surface area contributed by atoms with E-state index in [4.69, 9.17) is 9.98 Å². The zero-order valence-electron chi connectivity index (χ0n) is 47.9. The number of fused-ring (bicyclic) bond motifs is 6. The van der Waals surface area contributed by atoms with E-state index in [-0.39, 0.29) is 22.2 Å². The molecule has 0 fully saturated rings. The van der Waals surface area contributed by atoms with Crippen LogP contribution in [0.25, 0.3) is 88.4 Å². The summed E-state index contributed by atoms with van der Waals surface area (Å²) in [5.41, 5.74) is 17.2. The molecule has 4 heterocycles. The SMILES string of the molecule is C=C/C=C\C=C(/C)C1=NC(C)(C)C(C)(C)N1c1cccc(-c2ccc3c(c2)c2cc(-c4ccc5c(c4)c4cc(-c6cccc(N7C(c8ccccc8)=NC(C)(C)C7(C)C)c6)ccc4n5-c4ccccc4)ccc2n3-c2ccccc2)c1. The summed E-state index contributed by atoms with van der Waals surface area (Å²) in [5, 5.41) is 4.81. The molecule has 0 saturated heterocycles. The number of benzene rings is 9. The van der Waals surface area contributed by atoms with E-state index in [0.717, 1.165) is 90.0 Å². The van der Waals surface area contributed by atoms with E-state index < -0.39 is 0 Å². The molecular formula is C75H68N6. The normalized spacial score (nSPS) is 16.5. The van der Waals surface area contributed by atoms with Crippen molar-refractivity contribution in [2.75, 3.05) is 9.80 Å². The quantitative estimate of drug-likeness (QED) is 0.121. The Hall–Kier alpha value is -9.26. The van der Waals surface area contributed by atoms with Crippen LogP contribution >= 0.6 is 0 Å². The molecule has 2 aliphatic heterocycles. The second kappa shape index (κ2) is 19.2. The van der Waals surface area contributed by atoms with E-state index in [1.54, 1.807) is 6.08 Å². The predicted molar refractivity (Wildman–Crippen MR) is 346 cm³/mol. The van der Waals surface area contributed by atoms with Gasteiger partial charge in [0.15, 0.2) is 0 Å². The standard InChI is InChI=1S/C75H68N6/c1-11-12-16-25-50(2)70-76-72(3,4)74(7,8)80(70)60-34-23-28-52(44-60)54-36-40-66-62(46-54)64-48-56(38-42-68(64)78(66)58-30-19-14-20-31-58)57-39-43-69-65(49-57)63-47-55(37-41-67(63)79(69)59-32-21-15-22-33-59)53-29-24-35-61(45-53)81-71(51-26-17-13-18-27-51)77-73(5,6)75(81,9)10/h11-49H,1H2,2-10H3/b16-12-,50-25+. The minimum atomic E-state index is -0.321. The van der Waals surface area contributed by atoms with Crippen molar-refractivity contribution < 1.29 is 0 Å². The minimum absolute atomic E-state index is 0.279. The number of allylic oxidation sites excluding steroid dienone is 4. The molecule has 0 saturated carbocycles. The Morgan fingerprint density at radius 2 is 0.728 bits per heavy atom. The lowest BCUT2D eigenvalue weighted by Crippen LogP contribution is -2.53. The molecule has 81 heavy (non-hydrogen) atoms. The topological polar surface area (TPSA) is 41.1 Å². The van der Waals surface area contributed by atoms with Gasteiger partial charge in [-0.3, -0.25) is 9.98 Å². The summed E-state index contributed by atoms with van der Waals surface area (Å²) in [6, 6.07) is 78.2. The minimum Gasteiger partial charge on any atom is -0.318 e. The fourth-order valence-electron chi connectivity index (χ4n) is 12.4. The average molecular weight is 1050 g/mol. The Morgan fingerprint density at radius 3 is 1.16 bits per heavy atom. The van der Waals surface area contributed by atoms with Gasteiger partial charge >= 0.3 is 0 Å². The average Bonchev–Trinajstić information content (AvgIpc) is 4.34. The summed E-state index contributed by atoms with van der Waals surface area (Å²) in [6.45, 7) is 24.2. The largest absolute Gasteiger partial charge is 0.318 e. The van der Waals surface area contributed by atoms with E-state index in [1.165, 1.54) is 32.6 Å². The molecule has 0 bridgehead atoms. The van der Waals surface area contributed by atoms with Crippen LogP contribution in [-0.4, -0.2) is 43.0 Å². The molecule has 13 rings (SSSR count). The third kappa shape index (κ3) is 8.38. The van der Waals surface area contributed by atoms with Crippen LogP contribution in [0.15, 0.2) is 259 Å². The maximum Gasteiger partial charge on any atom is 0.136 e. The number of hydrogen-bond acceptors (Lipinski definition) is 4. The number of rotatable bonds is 11. The van der Waals surface area contributed by atoms with Crippen LogP contribution in [0.3, 0.4) is 0 Å². The van der Waals surface area contributed by atoms with Crippen molar-refractivity contribution in [1.82, 2.24) is 9.13 Å². The summed E-state index contributed by atoms with van der Waals surface area (Å²) < 4.78 is 4.83. The molecule has 6 heteroatoms. The highest BCUT2D eigenvalue weighted by molar-refractivity contribution is 6.16. The van der Waals surface area contributed by atoms with E-state index in [9.17, 15) is 0 Å². The molecule has 0 radical (unpaired) electrons. The third-order valence-corrected chi connectivity index (χ3v) is 18.1. The fourth-order valence-corrected chi connectivity index (χ4v) is 12.4. The smallest absolute Gasteiger partial charge is 0.136 e. The Labute approximate surface area is 476 Å². The second-order valence-electron chi connectivity index (χ2n) is 24.0. The van der Waals surface area contributed by atoms with Crippen molar-refractivity contribution in [2.24, 2.45) is 9.98 Å². The van der Waals surface area contributed by atoms with Crippen LogP contribution in [0.5, 0.6) is 0 Å². The van der Waals surface area contributed by atoms with Crippen molar-refractivity contribution in [3.63, 3.8) is 0 Å². The van der Waals surface area contributed by atoms with Gasteiger partial charge in [0.2, 0.25) is 0 Å². The zero-order valence-corrected chi connectivity index (χ0v) is 47.9. The molecule has 0 amide bonds. The number of nitrogens with zero attached hydrogens (tertiary/aromatic N) is 6. The van der Waals surface area contributed by atoms with Gasteiger partial charge in [0.1, 0.15) is 11.7 Å². The van der Waals surface area contributed by atoms with Gasteiger partial charge in [0.25, 0.3) is 0 Å². The first-order valence-electron chi connectivity index (χ1n) is 28.4. The lowest BCUT2D eigenvalue weighted by Gasteiger charge is -2.41. The van der Waals surface area contributed by atoms with Gasteiger partial charge in [-0.25, -0.2) is 0 Å². The first-order chi connectivity index (χ1) is 39.0. The maximum absolute atomic E-state index is 5.37. The van der Waals surface area contributed by atoms with Gasteiger partial charge in [-0.15, -0.1) is 0 Å². The predicted octanol–water partition coefficient (Wildman–Crippen LogP) is 19.2. The van der Waals surface area contributed by atoms with Gasteiger partial charge in [0.05, 0.1) is 44.2 Å². The van der Waals surface area contributed by atoms with Crippen molar-refractivity contribution in [1.29, 1.82) is 0 Å². The Balaban J connectivity index is 0.937. The zero-order chi connectivity index (χ0) is 56.0. The molecule has 0 N–H and O–H groups in total. The van der Waals surface area contributed by atoms with Crippen LogP contribution in [0.4, 0.5) is 11.4 Å². The highest BCUT2D eigenvalue weighted by Gasteiger charge is 2.51. The number of hydrogen-bond donors (Lipinski definition) is 0. The Bertz CT molecular complexity index is 4430. The van der Waals surface area contributed by atoms with Crippen molar-refractivity contribution >= 4 is 66.7 Å². The molecule has 0 spiro atoms. The van der Waals surface area contributed by atoms with E-state index >= 15 is 0 Å². The van der Waals surface area contributed by atoms with Crippen LogP contribution in [-0.2, 0) is 0 Å². The summed E-state index contributed by atoms with van der Waals surface area (Å²) in [5.74, 6) is 1.98. The Kier molecular flexibility index (Phi) is 12.2. The molecule has 398 valence electrons. The van der Waals surface area contributed by atoms with Crippen LogP contribution in [0.1, 0.15) is 67.9 Å². The molecule has 2 aromatic heterocycles. The fraction of sp³-hybridized carbons (Fsp3) is 0.173. The van der Waals surface area contributed by atoms with Crippen molar-refractivity contribution in [2.45, 2.75) is 84.5 Å². The number of aromatic nitrogens is 2. The van der Waals surface area contributed by atoms with Gasteiger partial charge < -0.3 is 18.9 Å². The van der Waals surface area contributed by atoms with Crippen LogP contribution in [0, 0.1) is 0 Å². The first kappa shape index (κ1) is 51.2. The molecule has 9 aromatic carbocycles. The summed E-state index contributed by atoms with van der Waals surface area (Å²) in [6.07, 6.45) is 7.93. The summed E-state index contributed by atoms with van der Waals surface area (Å²) in [7, 11) is 0. The van der Waals surface area contributed by atoms with E-state index in [2.05, 4.69) is 306 Å². The number of aliphatic imine (C=N–C) groups is 2. The third-order valence-electron chi connectivity index (χ3n) is 18.1. The van der Waals surface area contributed by atoms with Gasteiger partial charge in [-0.2, -0.15) is 0 Å². The van der Waals surface area contributed by atoms with Crippen molar-refractivity contribution in [3.8, 4) is 44.8 Å². The highest BCUT2D eigenvalue weighted by Crippen LogP contribution is 2.47. The van der Waals surface area contributed by atoms with Gasteiger partial charge in [0, 0.05) is 49.9 Å². The molecule has 0 aliphatic carbocycles. The number of para-hydroxylation sites is 2. The lowest BCUT2D eigenvalue weighted by molar-refractivity contribution is 0.338. The summed E-state index contributed by atoms with van der Waals surface area (Å²) >= 11 is 0. The van der Waals surface area contributed by atoms with Gasteiger partial charge in [-0.05, 0) is 198 Å². The molecular weight excluding hydrogens is 985 g/mol. The van der Waals surface area contributed by atoms with E-state index in [1.807, 2.05) is 12.2 Å². The molecule has 6 nitrogen and oxygen atoms in total. The van der Waals surface area contributed by atoms with Crippen LogP contribution in [0.2, 0.25) is 0 Å². The molecule has 0 unspecified atom stereocenters. The van der Waals surface area contributed by atoms with Crippen LogP contribution < -0.4 is 9.80 Å². The lowest BCUT2D eigenvalue weighted by atomic mass is 9.83. The molecule has 11 aromatic rings. The highest BCUT2D eigenvalue weighted by atomic mass is 15.3. The molecule has 2 aliphatic rings. The van der Waals surface area contributed by atoms with Crippen molar-refractivity contribution in [3.05, 3.63) is 254 Å².